The van der Waals surface area contributed by atoms with Gasteiger partial charge in [-0.2, -0.15) is 0 Å². The van der Waals surface area contributed by atoms with Crippen LogP contribution < -0.4 is 10.1 Å². The van der Waals surface area contributed by atoms with E-state index in [0.717, 1.165) is 73.2 Å². The van der Waals surface area contributed by atoms with Crippen LogP contribution in [0.3, 0.4) is 0 Å². The minimum atomic E-state index is -1.15. The molecule has 0 aromatic heterocycles. The summed E-state index contributed by atoms with van der Waals surface area (Å²) in [7, 11) is 0. The van der Waals surface area contributed by atoms with Crippen LogP contribution >= 0.6 is 11.6 Å². The monoisotopic (exact) mass is 754 g/mol. The van der Waals surface area contributed by atoms with Gasteiger partial charge in [-0.25, -0.2) is 9.98 Å². The quantitative estimate of drug-likeness (QED) is 0.362. The average Bonchev–Trinajstić information content (AvgIpc) is 3.54. The standard InChI is InChI=1S/C25H31NO6.C17H16ClN3O/c1-13-26-25(20(30)12-31-14(2)27)21(32-13)10-18-17-6-5-15-9-16(28)7-8-23(15,3)22(17)19(29)11-24(18,25)4;18-12-5-6-15-13(11-12)17(21-9-7-19-8-10-21)20-14-3-1-2-4-16(14)22-15/h7-9,17-19,21-22,29H,5-6,10-12H2,1-4H3;1-6,11,19H,7-10H2/t17-,18-,19-,21+,22+,23-,24-,25+;/m0./s1. The van der Waals surface area contributed by atoms with Crippen LogP contribution in [0.1, 0.15) is 58.9 Å². The molecule has 284 valence electrons. The predicted octanol–water partition coefficient (Wildman–Crippen LogP) is 5.99. The zero-order valence-electron chi connectivity index (χ0n) is 31.1. The molecule has 1 saturated heterocycles. The number of ether oxygens (including phenoxy) is 3. The summed E-state index contributed by atoms with van der Waals surface area (Å²) >= 11 is 6.20. The molecule has 2 aromatic rings. The molecule has 0 radical (unpaired) electrons. The Morgan fingerprint density at radius 3 is 2.69 bits per heavy atom. The summed E-state index contributed by atoms with van der Waals surface area (Å²) in [5, 5.41) is 15.6. The first-order chi connectivity index (χ1) is 25.8. The normalized spacial score (nSPS) is 34.3. The maximum Gasteiger partial charge on any atom is 0.303 e. The molecule has 0 unspecified atom stereocenters. The fourth-order valence-corrected chi connectivity index (χ4v) is 11.0. The largest absolute Gasteiger partial charge is 0.475 e. The van der Waals surface area contributed by atoms with Crippen LogP contribution in [-0.4, -0.2) is 89.8 Å². The number of piperazine rings is 1. The third kappa shape index (κ3) is 5.90. The minimum absolute atomic E-state index is 0.00898. The fourth-order valence-electron chi connectivity index (χ4n) is 10.8. The van der Waals surface area contributed by atoms with E-state index < -0.39 is 29.1 Å². The number of ketones is 2. The summed E-state index contributed by atoms with van der Waals surface area (Å²) in [4.78, 5) is 48.9. The Morgan fingerprint density at radius 1 is 1.13 bits per heavy atom. The van der Waals surface area contributed by atoms with Gasteiger partial charge in [0.2, 0.25) is 5.78 Å². The molecule has 0 spiro atoms. The van der Waals surface area contributed by atoms with Crippen LogP contribution in [0.5, 0.6) is 11.5 Å². The van der Waals surface area contributed by atoms with E-state index in [0.29, 0.717) is 23.8 Å². The number of para-hydroxylation sites is 2. The lowest BCUT2D eigenvalue weighted by molar-refractivity contribution is -0.155. The molecular formula is C42H47ClN4O7. The van der Waals surface area contributed by atoms with Gasteiger partial charge >= 0.3 is 5.97 Å². The number of hydrogen-bond donors (Lipinski definition) is 2. The van der Waals surface area contributed by atoms with Crippen molar-refractivity contribution >= 4 is 46.6 Å². The highest BCUT2D eigenvalue weighted by molar-refractivity contribution is 6.31. The van der Waals surface area contributed by atoms with Gasteiger partial charge in [0.15, 0.2) is 29.6 Å². The summed E-state index contributed by atoms with van der Waals surface area (Å²) in [5.74, 6) is 2.49. The summed E-state index contributed by atoms with van der Waals surface area (Å²) in [6, 6.07) is 13.6. The van der Waals surface area contributed by atoms with Crippen molar-refractivity contribution < 1.29 is 33.7 Å². The minimum Gasteiger partial charge on any atom is -0.475 e. The van der Waals surface area contributed by atoms with Crippen molar-refractivity contribution in [1.29, 1.82) is 0 Å². The number of esters is 1. The molecule has 9 rings (SSSR count). The molecule has 12 heteroatoms. The molecule has 0 bridgehead atoms. The van der Waals surface area contributed by atoms with Gasteiger partial charge in [-0.05, 0) is 80.0 Å². The van der Waals surface area contributed by atoms with Crippen LogP contribution in [-0.2, 0) is 23.9 Å². The van der Waals surface area contributed by atoms with Gasteiger partial charge in [0.25, 0.3) is 0 Å². The van der Waals surface area contributed by atoms with Gasteiger partial charge in [-0.1, -0.05) is 49.2 Å². The predicted molar refractivity (Wildman–Crippen MR) is 204 cm³/mol. The molecule has 7 aliphatic rings. The maximum absolute atomic E-state index is 13.5. The van der Waals surface area contributed by atoms with Crippen molar-refractivity contribution in [3.63, 3.8) is 0 Å². The Labute approximate surface area is 320 Å². The van der Waals surface area contributed by atoms with Gasteiger partial charge in [0.05, 0.1) is 11.7 Å². The number of carbonyl (C=O) groups is 3. The van der Waals surface area contributed by atoms with E-state index in [1.54, 1.807) is 19.1 Å². The second kappa shape index (κ2) is 13.8. The second-order valence-corrected chi connectivity index (χ2v) is 16.5. The number of halogens is 1. The van der Waals surface area contributed by atoms with Crippen LogP contribution in [0, 0.1) is 28.6 Å². The number of carbonyl (C=O) groups excluding carboxylic acids is 3. The lowest BCUT2D eigenvalue weighted by atomic mass is 9.46. The van der Waals surface area contributed by atoms with E-state index in [2.05, 4.69) is 24.1 Å². The zero-order valence-corrected chi connectivity index (χ0v) is 31.9. The SMILES string of the molecule is CC(=O)OCC(=O)[C@@]12N=C(C)O[C@@H]1C[C@H]1[C@@H]3CCC4=CC(=O)C=C[C@]4(C)[C@H]3[C@@H](O)C[C@@]12C.Clc1ccc2c(c1)C(N1CCNCC1)=Nc1ccccc1O2. The summed E-state index contributed by atoms with van der Waals surface area (Å²) in [5.41, 5.74) is 0.758. The van der Waals surface area contributed by atoms with E-state index in [4.69, 9.17) is 35.8 Å². The van der Waals surface area contributed by atoms with E-state index >= 15 is 0 Å². The Morgan fingerprint density at radius 2 is 1.91 bits per heavy atom. The molecular weight excluding hydrogens is 708 g/mol. The molecule has 4 fully saturated rings. The maximum atomic E-state index is 13.5. The average molecular weight is 755 g/mol. The first-order valence-corrected chi connectivity index (χ1v) is 19.3. The number of nitrogens with one attached hydrogen (secondary N) is 1. The smallest absolute Gasteiger partial charge is 0.303 e. The Kier molecular flexibility index (Phi) is 9.34. The van der Waals surface area contributed by atoms with Gasteiger partial charge < -0.3 is 29.5 Å². The van der Waals surface area contributed by atoms with Gasteiger partial charge in [0.1, 0.15) is 23.4 Å². The first kappa shape index (κ1) is 36.6. The number of rotatable bonds is 3. The number of fused-ring (bicyclic) bond motifs is 9. The number of allylic oxidation sites excluding steroid dienone is 4. The number of aliphatic hydroxyl groups is 1. The van der Waals surface area contributed by atoms with Crippen molar-refractivity contribution in [3.05, 3.63) is 76.9 Å². The molecule has 3 saturated carbocycles. The number of aliphatic hydroxyl groups excluding tert-OH is 1. The molecule has 54 heavy (non-hydrogen) atoms. The third-order valence-electron chi connectivity index (χ3n) is 13.1. The van der Waals surface area contributed by atoms with Crippen molar-refractivity contribution in [1.82, 2.24) is 10.2 Å². The van der Waals surface area contributed by atoms with E-state index in [1.165, 1.54) is 6.92 Å². The molecule has 0 amide bonds. The molecule has 8 atom stereocenters. The van der Waals surface area contributed by atoms with Crippen molar-refractivity contribution in [2.75, 3.05) is 32.8 Å². The van der Waals surface area contributed by atoms with Crippen LogP contribution in [0.2, 0.25) is 5.02 Å². The summed E-state index contributed by atoms with van der Waals surface area (Å²) in [6.07, 6.45) is 7.01. The van der Waals surface area contributed by atoms with Crippen LogP contribution in [0.4, 0.5) is 5.69 Å². The number of Topliss-reactive ketones (excluding diaryl/α,β-unsaturated/α-hetero) is 1. The van der Waals surface area contributed by atoms with E-state index in [1.807, 2.05) is 48.5 Å². The van der Waals surface area contributed by atoms with Gasteiger partial charge in [-0.15, -0.1) is 0 Å². The molecule has 3 heterocycles. The third-order valence-corrected chi connectivity index (χ3v) is 13.3. The molecule has 3 aliphatic heterocycles. The Balaban J connectivity index is 0.000000164. The second-order valence-electron chi connectivity index (χ2n) is 16.0. The molecule has 4 aliphatic carbocycles. The number of amidine groups is 1. The highest BCUT2D eigenvalue weighted by Gasteiger charge is 2.74. The van der Waals surface area contributed by atoms with Crippen LogP contribution in [0.15, 0.2) is 76.3 Å². The highest BCUT2D eigenvalue weighted by Crippen LogP contribution is 2.69. The summed E-state index contributed by atoms with van der Waals surface area (Å²) in [6.45, 7) is 10.6. The topological polar surface area (TPSA) is 139 Å². The Hall–Kier alpha value is -4.32. The molecule has 2 aromatic carbocycles. The van der Waals surface area contributed by atoms with Gasteiger partial charge in [-0.3, -0.25) is 14.4 Å². The number of nitrogens with zero attached hydrogens (tertiary/aromatic N) is 3. The molecule has 11 nitrogen and oxygen atoms in total. The van der Waals surface area contributed by atoms with Crippen molar-refractivity contribution in [3.8, 4) is 11.5 Å². The fraction of sp³-hybridized carbons (Fsp3) is 0.500. The highest BCUT2D eigenvalue weighted by atomic mass is 35.5. The number of hydrogen-bond acceptors (Lipinski definition) is 11. The number of aliphatic imine (C=N–C) groups is 2. The first-order valence-electron chi connectivity index (χ1n) is 19.0. The van der Waals surface area contributed by atoms with Gasteiger partial charge in [0, 0.05) is 61.8 Å². The number of benzene rings is 2. The van der Waals surface area contributed by atoms with Crippen molar-refractivity contribution in [2.24, 2.45) is 38.6 Å². The molecule has 2 N–H and O–H groups in total. The van der Waals surface area contributed by atoms with E-state index in [-0.39, 0.29) is 41.3 Å². The Bertz CT molecular complexity index is 2020. The van der Waals surface area contributed by atoms with Crippen molar-refractivity contribution in [2.45, 2.75) is 71.1 Å². The zero-order chi connectivity index (χ0) is 38.0. The lowest BCUT2D eigenvalue weighted by Gasteiger charge is -2.59. The van der Waals surface area contributed by atoms with Crippen LogP contribution in [0.25, 0.3) is 0 Å². The lowest BCUT2D eigenvalue weighted by Crippen LogP contribution is -2.62. The summed E-state index contributed by atoms with van der Waals surface area (Å²) < 4.78 is 17.2. The van der Waals surface area contributed by atoms with E-state index in [9.17, 15) is 19.5 Å².